The van der Waals surface area contributed by atoms with Crippen LogP contribution in [0.1, 0.15) is 45.4 Å². The van der Waals surface area contributed by atoms with Crippen LogP contribution in [0.4, 0.5) is 8.78 Å². The Balaban J connectivity index is 2.08. The highest BCUT2D eigenvalue weighted by Gasteiger charge is 2.50. The molecule has 2 nitrogen and oxygen atoms in total. The molecule has 4 heteroatoms. The number of hydrogen-bond acceptors (Lipinski definition) is 2. The fourth-order valence-corrected chi connectivity index (χ4v) is 3.70. The number of alkyl halides is 2. The smallest absolute Gasteiger partial charge is 0.238 e. The Morgan fingerprint density at radius 2 is 2.06 bits per heavy atom. The van der Waals surface area contributed by atoms with E-state index in [1.165, 1.54) is 0 Å². The van der Waals surface area contributed by atoms with E-state index in [1.807, 2.05) is 6.92 Å². The first-order chi connectivity index (χ1) is 7.95. The molecule has 2 aliphatic rings. The van der Waals surface area contributed by atoms with E-state index in [-0.39, 0.29) is 17.8 Å². The Morgan fingerprint density at radius 3 is 2.71 bits per heavy atom. The van der Waals surface area contributed by atoms with E-state index in [0.717, 1.165) is 38.6 Å². The molecule has 3 unspecified atom stereocenters. The molecule has 1 aliphatic heterocycles. The van der Waals surface area contributed by atoms with Crippen LogP contribution >= 0.6 is 0 Å². The topological polar surface area (TPSA) is 32.3 Å². The van der Waals surface area contributed by atoms with Crippen molar-refractivity contribution in [2.24, 2.45) is 11.3 Å². The van der Waals surface area contributed by atoms with Gasteiger partial charge in [-0.15, -0.1) is 0 Å². The van der Waals surface area contributed by atoms with Crippen LogP contribution in [0.5, 0.6) is 0 Å². The van der Waals surface area contributed by atoms with Crippen LogP contribution in [0.3, 0.4) is 0 Å². The zero-order valence-electron chi connectivity index (χ0n) is 10.5. The van der Waals surface area contributed by atoms with Crippen LogP contribution in [0, 0.1) is 11.3 Å². The number of nitrogens with one attached hydrogen (secondary N) is 1. The summed E-state index contributed by atoms with van der Waals surface area (Å²) in [6.07, 6.45) is 2.41. The second-order valence-corrected chi connectivity index (χ2v) is 6.09. The van der Waals surface area contributed by atoms with Crippen LogP contribution in [0.2, 0.25) is 0 Å². The van der Waals surface area contributed by atoms with E-state index in [9.17, 15) is 13.9 Å². The summed E-state index contributed by atoms with van der Waals surface area (Å²) in [5.41, 5.74) is -0.873. The summed E-state index contributed by atoms with van der Waals surface area (Å²) in [5, 5.41) is 13.8. The fraction of sp³-hybridized carbons (Fsp3) is 1.00. The number of piperidine rings is 1. The van der Waals surface area contributed by atoms with Crippen LogP contribution in [0.25, 0.3) is 0 Å². The van der Waals surface area contributed by atoms with E-state index in [2.05, 4.69) is 5.32 Å². The average molecular weight is 247 g/mol. The van der Waals surface area contributed by atoms with Crippen molar-refractivity contribution in [2.45, 2.75) is 57.5 Å². The van der Waals surface area contributed by atoms with Gasteiger partial charge in [-0.2, -0.15) is 0 Å². The van der Waals surface area contributed by atoms with Crippen LogP contribution in [-0.2, 0) is 0 Å². The van der Waals surface area contributed by atoms with E-state index < -0.39 is 12.0 Å². The van der Waals surface area contributed by atoms with E-state index in [4.69, 9.17) is 0 Å². The molecule has 2 rings (SSSR count). The van der Waals surface area contributed by atoms with Gasteiger partial charge in [-0.1, -0.05) is 12.8 Å². The predicted molar refractivity (Wildman–Crippen MR) is 63.1 cm³/mol. The zero-order valence-corrected chi connectivity index (χ0v) is 10.5. The fourth-order valence-electron chi connectivity index (χ4n) is 3.70. The van der Waals surface area contributed by atoms with Crippen molar-refractivity contribution < 1.29 is 13.9 Å². The number of rotatable bonds is 2. The van der Waals surface area contributed by atoms with Gasteiger partial charge in [0, 0.05) is 18.4 Å². The lowest BCUT2D eigenvalue weighted by Gasteiger charge is -2.53. The van der Waals surface area contributed by atoms with Gasteiger partial charge in [-0.05, 0) is 38.6 Å². The van der Waals surface area contributed by atoms with Crippen molar-refractivity contribution in [1.82, 2.24) is 5.32 Å². The lowest BCUT2D eigenvalue weighted by molar-refractivity contribution is -0.123. The largest absolute Gasteiger partial charge is 0.390 e. The molecule has 3 atom stereocenters. The Morgan fingerprint density at radius 1 is 1.35 bits per heavy atom. The predicted octanol–water partition coefficient (Wildman–Crippen LogP) is 2.56. The number of halogens is 2. The summed E-state index contributed by atoms with van der Waals surface area (Å²) < 4.78 is 25.0. The van der Waals surface area contributed by atoms with Crippen LogP contribution in [0.15, 0.2) is 0 Å². The summed E-state index contributed by atoms with van der Waals surface area (Å²) in [6.45, 7) is 3.33. The SMILES string of the molecule is CC1(O)CCCCC12CNCC(CC(F)F)C2. The molecule has 17 heavy (non-hydrogen) atoms. The highest BCUT2D eigenvalue weighted by molar-refractivity contribution is 5.03. The monoisotopic (exact) mass is 247 g/mol. The van der Waals surface area contributed by atoms with E-state index in [0.29, 0.717) is 6.54 Å². The molecule has 0 bridgehead atoms. The molecule has 2 N–H and O–H groups in total. The molecule has 2 fully saturated rings. The van der Waals surface area contributed by atoms with Crippen molar-refractivity contribution in [1.29, 1.82) is 0 Å². The van der Waals surface area contributed by atoms with Gasteiger partial charge in [-0.25, -0.2) is 8.78 Å². The summed E-state index contributed by atoms with van der Waals surface area (Å²) in [4.78, 5) is 0. The molecular formula is C13H23F2NO. The van der Waals surface area contributed by atoms with Crippen molar-refractivity contribution in [3.05, 3.63) is 0 Å². The molecule has 0 aromatic heterocycles. The lowest BCUT2D eigenvalue weighted by atomic mass is 9.58. The second kappa shape index (κ2) is 4.81. The van der Waals surface area contributed by atoms with E-state index in [1.54, 1.807) is 0 Å². The minimum atomic E-state index is -2.23. The minimum absolute atomic E-state index is 0.00771. The molecule has 0 amide bonds. The van der Waals surface area contributed by atoms with Gasteiger partial charge < -0.3 is 10.4 Å². The lowest BCUT2D eigenvalue weighted by Crippen LogP contribution is -2.58. The third-order valence-corrected chi connectivity index (χ3v) is 4.80. The Hall–Kier alpha value is -0.220. The van der Waals surface area contributed by atoms with Crippen molar-refractivity contribution in [2.75, 3.05) is 13.1 Å². The van der Waals surface area contributed by atoms with Crippen molar-refractivity contribution in [3.63, 3.8) is 0 Å². The van der Waals surface area contributed by atoms with Gasteiger partial charge in [0.15, 0.2) is 0 Å². The van der Waals surface area contributed by atoms with Crippen molar-refractivity contribution >= 4 is 0 Å². The third kappa shape index (κ3) is 2.63. The molecule has 1 saturated heterocycles. The maximum atomic E-state index is 12.5. The molecule has 100 valence electrons. The summed E-state index contributed by atoms with van der Waals surface area (Å²) in [6, 6.07) is 0. The first-order valence-electron chi connectivity index (χ1n) is 6.66. The molecule has 1 spiro atoms. The van der Waals surface area contributed by atoms with E-state index >= 15 is 0 Å². The zero-order chi connectivity index (χ0) is 12.5. The van der Waals surface area contributed by atoms with Gasteiger partial charge in [0.2, 0.25) is 6.43 Å². The highest BCUT2D eigenvalue weighted by atomic mass is 19.3. The maximum Gasteiger partial charge on any atom is 0.238 e. The standard InChI is InChI=1S/C13H23F2NO/c1-12(17)4-2-3-5-13(12)7-10(6-11(14)15)8-16-9-13/h10-11,16-17H,2-9H2,1H3. The minimum Gasteiger partial charge on any atom is -0.390 e. The van der Waals surface area contributed by atoms with Crippen LogP contribution < -0.4 is 5.32 Å². The quantitative estimate of drug-likeness (QED) is 0.786. The highest BCUT2D eigenvalue weighted by Crippen LogP contribution is 2.49. The first kappa shape index (κ1) is 13.2. The molecule has 1 saturated carbocycles. The molecule has 0 aromatic rings. The van der Waals surface area contributed by atoms with Gasteiger partial charge in [0.05, 0.1) is 5.60 Å². The van der Waals surface area contributed by atoms with Gasteiger partial charge in [0.1, 0.15) is 0 Å². The average Bonchev–Trinajstić information content (AvgIpc) is 2.22. The van der Waals surface area contributed by atoms with Gasteiger partial charge >= 0.3 is 0 Å². The summed E-state index contributed by atoms with van der Waals surface area (Å²) >= 11 is 0. The first-order valence-corrected chi connectivity index (χ1v) is 6.66. The maximum absolute atomic E-state index is 12.5. The van der Waals surface area contributed by atoms with Crippen molar-refractivity contribution in [3.8, 4) is 0 Å². The molecular weight excluding hydrogens is 224 g/mol. The normalized spacial score (nSPS) is 43.2. The summed E-state index contributed by atoms with van der Waals surface area (Å²) in [5.74, 6) is 0.00771. The van der Waals surface area contributed by atoms with Crippen LogP contribution in [-0.4, -0.2) is 30.2 Å². The Labute approximate surface area is 102 Å². The van der Waals surface area contributed by atoms with Gasteiger partial charge in [0.25, 0.3) is 0 Å². The molecule has 1 aliphatic carbocycles. The summed E-state index contributed by atoms with van der Waals surface area (Å²) in [7, 11) is 0. The Kier molecular flexibility index (Phi) is 3.74. The second-order valence-electron chi connectivity index (χ2n) is 6.09. The van der Waals surface area contributed by atoms with Gasteiger partial charge in [-0.3, -0.25) is 0 Å². The number of hydrogen-bond donors (Lipinski definition) is 2. The third-order valence-electron chi connectivity index (χ3n) is 4.80. The molecule has 0 aromatic carbocycles. The molecule has 1 heterocycles. The molecule has 0 radical (unpaired) electrons. The number of aliphatic hydroxyl groups is 1. The Bertz CT molecular complexity index is 266.